The molecule has 0 unspecified atom stereocenters. The first-order valence-corrected chi connectivity index (χ1v) is 6.26. The summed E-state index contributed by atoms with van der Waals surface area (Å²) in [5.74, 6) is 0.407. The van der Waals surface area contributed by atoms with Gasteiger partial charge in [0.15, 0.2) is 0 Å². The van der Waals surface area contributed by atoms with E-state index in [1.165, 1.54) is 12.8 Å². The second-order valence-electron chi connectivity index (χ2n) is 5.13. The molecule has 2 rings (SSSR count). The van der Waals surface area contributed by atoms with Gasteiger partial charge in [0.2, 0.25) is 5.91 Å². The molecule has 1 saturated carbocycles. The SMILES string of the molecule is CNCC1(CNC(=O)C2CCOCC2)CC1. The standard InChI is InChI=1S/C12H22N2O2/c1-13-8-12(4-5-12)9-14-11(15)10-2-6-16-7-3-10/h10,13H,2-9H2,1H3,(H,14,15). The van der Waals surface area contributed by atoms with Crippen molar-refractivity contribution >= 4 is 5.91 Å². The molecule has 0 aromatic heterocycles. The van der Waals surface area contributed by atoms with E-state index in [9.17, 15) is 4.79 Å². The van der Waals surface area contributed by atoms with Gasteiger partial charge in [0, 0.05) is 37.6 Å². The van der Waals surface area contributed by atoms with Gasteiger partial charge in [0.05, 0.1) is 0 Å². The Balaban J connectivity index is 1.70. The summed E-state index contributed by atoms with van der Waals surface area (Å²) in [6.07, 6.45) is 4.24. The third kappa shape index (κ3) is 2.95. The molecule has 4 nitrogen and oxygen atoms in total. The molecule has 0 atom stereocenters. The predicted molar refractivity (Wildman–Crippen MR) is 62.1 cm³/mol. The molecule has 1 aliphatic heterocycles. The van der Waals surface area contributed by atoms with Gasteiger partial charge in [-0.2, -0.15) is 0 Å². The Morgan fingerprint density at radius 2 is 2.00 bits per heavy atom. The maximum atomic E-state index is 11.9. The predicted octanol–water partition coefficient (Wildman–Crippen LogP) is 0.529. The number of rotatable bonds is 5. The van der Waals surface area contributed by atoms with Crippen LogP contribution in [0, 0.1) is 11.3 Å². The summed E-state index contributed by atoms with van der Waals surface area (Å²) in [4.78, 5) is 11.9. The Morgan fingerprint density at radius 1 is 1.31 bits per heavy atom. The minimum absolute atomic E-state index is 0.180. The van der Waals surface area contributed by atoms with Crippen molar-refractivity contribution in [2.75, 3.05) is 33.4 Å². The molecule has 0 aromatic rings. The van der Waals surface area contributed by atoms with Gasteiger partial charge in [-0.15, -0.1) is 0 Å². The average Bonchev–Trinajstić information content (AvgIpc) is 3.08. The Hall–Kier alpha value is -0.610. The second-order valence-corrected chi connectivity index (χ2v) is 5.13. The monoisotopic (exact) mass is 226 g/mol. The van der Waals surface area contributed by atoms with Gasteiger partial charge >= 0.3 is 0 Å². The Morgan fingerprint density at radius 3 is 2.56 bits per heavy atom. The fraction of sp³-hybridized carbons (Fsp3) is 0.917. The fourth-order valence-corrected chi connectivity index (χ4v) is 2.35. The van der Waals surface area contributed by atoms with Crippen LogP contribution in [0.3, 0.4) is 0 Å². The molecule has 92 valence electrons. The van der Waals surface area contributed by atoms with Crippen molar-refractivity contribution in [3.05, 3.63) is 0 Å². The van der Waals surface area contributed by atoms with Gasteiger partial charge < -0.3 is 15.4 Å². The van der Waals surface area contributed by atoms with Gasteiger partial charge in [0.25, 0.3) is 0 Å². The highest BCUT2D eigenvalue weighted by Crippen LogP contribution is 2.44. The largest absolute Gasteiger partial charge is 0.381 e. The molecule has 2 fully saturated rings. The smallest absolute Gasteiger partial charge is 0.223 e. The summed E-state index contributed by atoms with van der Waals surface area (Å²) in [5.41, 5.74) is 0.357. The summed E-state index contributed by atoms with van der Waals surface area (Å²) < 4.78 is 5.26. The lowest BCUT2D eigenvalue weighted by Gasteiger charge is -2.23. The number of carbonyl (C=O) groups is 1. The molecule has 1 amide bonds. The lowest BCUT2D eigenvalue weighted by atomic mass is 9.99. The fourth-order valence-electron chi connectivity index (χ4n) is 2.35. The summed E-state index contributed by atoms with van der Waals surface area (Å²) in [6, 6.07) is 0. The number of nitrogens with one attached hydrogen (secondary N) is 2. The van der Waals surface area contributed by atoms with Crippen LogP contribution in [-0.4, -0.2) is 39.3 Å². The van der Waals surface area contributed by atoms with Gasteiger partial charge in [-0.25, -0.2) is 0 Å². The van der Waals surface area contributed by atoms with E-state index in [1.807, 2.05) is 7.05 Å². The third-order valence-electron chi connectivity index (χ3n) is 3.74. The van der Waals surface area contributed by atoms with Crippen LogP contribution in [0.5, 0.6) is 0 Å². The maximum absolute atomic E-state index is 11.9. The van der Waals surface area contributed by atoms with E-state index in [2.05, 4.69) is 10.6 Å². The summed E-state index contributed by atoms with van der Waals surface area (Å²) >= 11 is 0. The molecule has 4 heteroatoms. The molecule has 0 spiro atoms. The quantitative estimate of drug-likeness (QED) is 0.719. The summed E-state index contributed by atoms with van der Waals surface area (Å²) in [7, 11) is 1.97. The average molecular weight is 226 g/mol. The van der Waals surface area contributed by atoms with Crippen molar-refractivity contribution in [2.45, 2.75) is 25.7 Å². The van der Waals surface area contributed by atoms with Crippen LogP contribution < -0.4 is 10.6 Å². The number of hydrogen-bond donors (Lipinski definition) is 2. The molecular weight excluding hydrogens is 204 g/mol. The zero-order chi connectivity index (χ0) is 11.4. The van der Waals surface area contributed by atoms with E-state index < -0.39 is 0 Å². The molecular formula is C12H22N2O2. The molecule has 1 saturated heterocycles. The Kier molecular flexibility index (Phi) is 3.82. The highest BCUT2D eigenvalue weighted by atomic mass is 16.5. The first-order valence-electron chi connectivity index (χ1n) is 6.26. The number of amides is 1. The van der Waals surface area contributed by atoms with Crippen LogP contribution in [-0.2, 0) is 9.53 Å². The van der Waals surface area contributed by atoms with E-state index in [0.29, 0.717) is 5.41 Å². The first-order chi connectivity index (χ1) is 7.76. The molecule has 0 bridgehead atoms. The van der Waals surface area contributed by atoms with Crippen LogP contribution in [0.25, 0.3) is 0 Å². The molecule has 16 heavy (non-hydrogen) atoms. The zero-order valence-corrected chi connectivity index (χ0v) is 10.1. The number of ether oxygens (including phenoxy) is 1. The van der Waals surface area contributed by atoms with E-state index in [0.717, 1.165) is 39.1 Å². The van der Waals surface area contributed by atoms with Crippen molar-refractivity contribution in [2.24, 2.45) is 11.3 Å². The van der Waals surface area contributed by atoms with E-state index >= 15 is 0 Å². The summed E-state index contributed by atoms with van der Waals surface area (Å²) in [5, 5.41) is 6.31. The highest BCUT2D eigenvalue weighted by molar-refractivity contribution is 5.78. The van der Waals surface area contributed by atoms with Crippen molar-refractivity contribution in [3.63, 3.8) is 0 Å². The van der Waals surface area contributed by atoms with Gasteiger partial charge in [-0.1, -0.05) is 0 Å². The minimum Gasteiger partial charge on any atom is -0.381 e. The maximum Gasteiger partial charge on any atom is 0.223 e. The lowest BCUT2D eigenvalue weighted by molar-refractivity contribution is -0.128. The molecule has 2 aliphatic rings. The summed E-state index contributed by atoms with van der Waals surface area (Å²) in [6.45, 7) is 3.32. The van der Waals surface area contributed by atoms with Crippen molar-refractivity contribution in [1.82, 2.24) is 10.6 Å². The second kappa shape index (κ2) is 5.15. The highest BCUT2D eigenvalue weighted by Gasteiger charge is 2.42. The molecule has 1 heterocycles. The van der Waals surface area contributed by atoms with Gasteiger partial charge in [-0.3, -0.25) is 4.79 Å². The molecule has 2 N–H and O–H groups in total. The zero-order valence-electron chi connectivity index (χ0n) is 10.1. The van der Waals surface area contributed by atoms with Crippen LogP contribution in [0.1, 0.15) is 25.7 Å². The normalized spacial score (nSPS) is 24.1. The molecule has 0 aromatic carbocycles. The van der Waals surface area contributed by atoms with Crippen LogP contribution in [0.15, 0.2) is 0 Å². The number of hydrogen-bond acceptors (Lipinski definition) is 3. The minimum atomic E-state index is 0.180. The number of carbonyl (C=O) groups excluding carboxylic acids is 1. The Bertz CT molecular complexity index is 245. The molecule has 0 radical (unpaired) electrons. The van der Waals surface area contributed by atoms with Crippen LogP contribution >= 0.6 is 0 Å². The molecule has 1 aliphatic carbocycles. The topological polar surface area (TPSA) is 50.4 Å². The van der Waals surface area contributed by atoms with E-state index in [4.69, 9.17) is 4.74 Å². The third-order valence-corrected chi connectivity index (χ3v) is 3.74. The van der Waals surface area contributed by atoms with Crippen molar-refractivity contribution in [3.8, 4) is 0 Å². The van der Waals surface area contributed by atoms with Gasteiger partial charge in [-0.05, 0) is 32.7 Å². The van der Waals surface area contributed by atoms with Gasteiger partial charge in [0.1, 0.15) is 0 Å². The lowest BCUT2D eigenvalue weighted by Crippen LogP contribution is -2.39. The van der Waals surface area contributed by atoms with E-state index in [1.54, 1.807) is 0 Å². The van der Waals surface area contributed by atoms with Crippen LogP contribution in [0.2, 0.25) is 0 Å². The van der Waals surface area contributed by atoms with Crippen LogP contribution in [0.4, 0.5) is 0 Å². The first kappa shape index (κ1) is 11.9. The Labute approximate surface area is 97.1 Å². The van der Waals surface area contributed by atoms with E-state index in [-0.39, 0.29) is 11.8 Å². The van der Waals surface area contributed by atoms with Crippen molar-refractivity contribution < 1.29 is 9.53 Å². The van der Waals surface area contributed by atoms with Crippen molar-refractivity contribution in [1.29, 1.82) is 0 Å².